The van der Waals surface area contributed by atoms with Gasteiger partial charge in [0.25, 0.3) is 0 Å². The molecule has 0 bridgehead atoms. The van der Waals surface area contributed by atoms with Crippen molar-refractivity contribution in [3.63, 3.8) is 0 Å². The molecule has 1 aliphatic heterocycles. The van der Waals surface area contributed by atoms with E-state index in [1.807, 2.05) is 0 Å². The minimum atomic E-state index is -1.46. The van der Waals surface area contributed by atoms with Crippen LogP contribution in [0, 0.1) is 0 Å². The van der Waals surface area contributed by atoms with Crippen LogP contribution in [0.2, 0.25) is 0 Å². The maximum Gasteiger partial charge on any atom is 0.330 e. The number of nitrogens with one attached hydrogen (secondary N) is 2. The van der Waals surface area contributed by atoms with Gasteiger partial charge in [-0.05, 0) is 0 Å². The standard InChI is InChI=1S/C9H15N3O6/c13-7(14)5-6(8(15)16)10-9(17)11-12-1-3-18-4-2-12/h6H,1-5H2,(H,13,14)(H,15,16)(H2,10,11,17). The van der Waals surface area contributed by atoms with E-state index in [0.29, 0.717) is 26.3 Å². The first-order valence-corrected chi connectivity index (χ1v) is 5.33. The van der Waals surface area contributed by atoms with E-state index < -0.39 is 30.4 Å². The molecule has 0 saturated carbocycles. The molecular formula is C9H15N3O6. The minimum Gasteiger partial charge on any atom is -0.481 e. The Morgan fingerprint density at radius 1 is 1.22 bits per heavy atom. The van der Waals surface area contributed by atoms with Crippen molar-refractivity contribution in [2.45, 2.75) is 12.5 Å². The SMILES string of the molecule is O=C(O)CC(NC(=O)NN1CCOCC1)C(=O)O. The fourth-order valence-corrected chi connectivity index (χ4v) is 1.38. The highest BCUT2D eigenvalue weighted by Crippen LogP contribution is 1.95. The van der Waals surface area contributed by atoms with Crippen LogP contribution in [0.5, 0.6) is 0 Å². The van der Waals surface area contributed by atoms with Gasteiger partial charge in [-0.3, -0.25) is 10.2 Å². The summed E-state index contributed by atoms with van der Waals surface area (Å²) in [4.78, 5) is 32.6. The number of carboxylic acid groups (broad SMARTS) is 2. The predicted octanol–water partition coefficient (Wildman–Crippen LogP) is -1.54. The maximum atomic E-state index is 11.4. The number of hydrogen-bond donors (Lipinski definition) is 4. The molecule has 1 fully saturated rings. The van der Waals surface area contributed by atoms with Crippen LogP contribution in [-0.2, 0) is 14.3 Å². The number of hydrazine groups is 1. The number of nitrogens with zero attached hydrogens (tertiary/aromatic N) is 1. The average molecular weight is 261 g/mol. The van der Waals surface area contributed by atoms with Gasteiger partial charge in [0, 0.05) is 13.1 Å². The van der Waals surface area contributed by atoms with Crippen LogP contribution >= 0.6 is 0 Å². The van der Waals surface area contributed by atoms with Crippen molar-refractivity contribution in [3.05, 3.63) is 0 Å². The molecule has 1 aliphatic rings. The van der Waals surface area contributed by atoms with Gasteiger partial charge in [0.1, 0.15) is 6.04 Å². The number of urea groups is 1. The Morgan fingerprint density at radius 2 is 1.83 bits per heavy atom. The van der Waals surface area contributed by atoms with Gasteiger partial charge in [-0.25, -0.2) is 14.6 Å². The minimum absolute atomic E-state index is 0.470. The lowest BCUT2D eigenvalue weighted by atomic mass is 10.2. The van der Waals surface area contributed by atoms with Crippen LogP contribution in [0.1, 0.15) is 6.42 Å². The van der Waals surface area contributed by atoms with Gasteiger partial charge in [-0.2, -0.15) is 0 Å². The molecule has 9 nitrogen and oxygen atoms in total. The summed E-state index contributed by atoms with van der Waals surface area (Å²) in [6, 6.07) is -2.20. The van der Waals surface area contributed by atoms with Crippen LogP contribution in [0.25, 0.3) is 0 Å². The van der Waals surface area contributed by atoms with E-state index in [9.17, 15) is 14.4 Å². The summed E-state index contributed by atoms with van der Waals surface area (Å²) in [6.45, 7) is 1.92. The Bertz CT molecular complexity index is 328. The summed E-state index contributed by atoms with van der Waals surface area (Å²) in [5.74, 6) is -2.69. The lowest BCUT2D eigenvalue weighted by molar-refractivity contribution is -0.145. The van der Waals surface area contributed by atoms with E-state index in [-0.39, 0.29) is 0 Å². The van der Waals surface area contributed by atoms with Crippen molar-refractivity contribution in [1.29, 1.82) is 0 Å². The number of carbonyl (C=O) groups is 3. The van der Waals surface area contributed by atoms with Gasteiger partial charge >= 0.3 is 18.0 Å². The molecule has 102 valence electrons. The fourth-order valence-electron chi connectivity index (χ4n) is 1.38. The van der Waals surface area contributed by atoms with Crippen LogP contribution in [-0.4, -0.2) is 65.5 Å². The number of carboxylic acids is 2. The van der Waals surface area contributed by atoms with Crippen molar-refractivity contribution in [3.8, 4) is 0 Å². The second-order valence-corrected chi connectivity index (χ2v) is 3.67. The molecule has 1 unspecified atom stereocenters. The smallest absolute Gasteiger partial charge is 0.330 e. The first-order chi connectivity index (χ1) is 8.49. The van der Waals surface area contributed by atoms with E-state index in [2.05, 4.69) is 10.7 Å². The summed E-state index contributed by atoms with van der Waals surface area (Å²) in [6.07, 6.45) is -0.675. The van der Waals surface area contributed by atoms with Crippen LogP contribution in [0.3, 0.4) is 0 Å². The third kappa shape index (κ3) is 4.97. The van der Waals surface area contributed by atoms with Crippen LogP contribution < -0.4 is 10.7 Å². The number of rotatable bonds is 5. The molecule has 1 heterocycles. The molecule has 0 spiro atoms. The highest BCUT2D eigenvalue weighted by atomic mass is 16.5. The molecule has 0 aromatic carbocycles. The molecule has 0 aliphatic carbocycles. The monoisotopic (exact) mass is 261 g/mol. The molecule has 18 heavy (non-hydrogen) atoms. The van der Waals surface area contributed by atoms with Gasteiger partial charge in [-0.15, -0.1) is 0 Å². The Morgan fingerprint density at radius 3 is 2.33 bits per heavy atom. The third-order valence-electron chi connectivity index (χ3n) is 2.25. The van der Waals surface area contributed by atoms with Gasteiger partial charge < -0.3 is 20.3 Å². The van der Waals surface area contributed by atoms with Gasteiger partial charge in [-0.1, -0.05) is 0 Å². The molecule has 4 N–H and O–H groups in total. The van der Waals surface area contributed by atoms with Crippen molar-refractivity contribution in [2.24, 2.45) is 0 Å². The van der Waals surface area contributed by atoms with Crippen LogP contribution in [0.15, 0.2) is 0 Å². The Kier molecular flexibility index (Phi) is 5.33. The highest BCUT2D eigenvalue weighted by molar-refractivity contribution is 5.85. The van der Waals surface area contributed by atoms with E-state index in [1.54, 1.807) is 5.01 Å². The molecule has 0 radical (unpaired) electrons. The maximum absolute atomic E-state index is 11.4. The predicted molar refractivity (Wildman–Crippen MR) is 57.7 cm³/mol. The Balaban J connectivity index is 2.40. The van der Waals surface area contributed by atoms with E-state index in [4.69, 9.17) is 14.9 Å². The topological polar surface area (TPSA) is 128 Å². The first kappa shape index (κ1) is 14.2. The molecule has 1 atom stereocenters. The Hall–Kier alpha value is -1.87. The lowest BCUT2D eigenvalue weighted by Crippen LogP contribution is -2.55. The molecule has 2 amide bonds. The van der Waals surface area contributed by atoms with Crippen molar-refractivity contribution in [2.75, 3.05) is 26.3 Å². The number of amides is 2. The molecule has 0 aromatic rings. The summed E-state index contributed by atoms with van der Waals surface area (Å²) in [5.41, 5.74) is 2.42. The number of aliphatic carboxylic acids is 2. The van der Waals surface area contributed by atoms with Gasteiger partial charge in [0.05, 0.1) is 19.6 Å². The second kappa shape index (κ2) is 6.77. The largest absolute Gasteiger partial charge is 0.481 e. The number of carbonyl (C=O) groups excluding carboxylic acids is 1. The summed E-state index contributed by atoms with van der Waals surface area (Å²) < 4.78 is 5.07. The quantitative estimate of drug-likeness (QED) is 0.472. The summed E-state index contributed by atoms with van der Waals surface area (Å²) in [5, 5.41) is 20.9. The van der Waals surface area contributed by atoms with Crippen molar-refractivity contribution < 1.29 is 29.3 Å². The zero-order valence-electron chi connectivity index (χ0n) is 9.59. The zero-order chi connectivity index (χ0) is 13.5. The highest BCUT2D eigenvalue weighted by Gasteiger charge is 2.24. The van der Waals surface area contributed by atoms with E-state index >= 15 is 0 Å². The van der Waals surface area contributed by atoms with Crippen molar-refractivity contribution in [1.82, 2.24) is 15.8 Å². The second-order valence-electron chi connectivity index (χ2n) is 3.67. The number of ether oxygens (including phenoxy) is 1. The summed E-state index contributed by atoms with van der Waals surface area (Å²) in [7, 11) is 0. The number of morpholine rings is 1. The molecular weight excluding hydrogens is 246 g/mol. The lowest BCUT2D eigenvalue weighted by Gasteiger charge is -2.27. The van der Waals surface area contributed by atoms with Gasteiger partial charge in [0.2, 0.25) is 0 Å². The molecule has 1 saturated heterocycles. The van der Waals surface area contributed by atoms with Crippen molar-refractivity contribution >= 4 is 18.0 Å². The normalized spacial score (nSPS) is 17.8. The van der Waals surface area contributed by atoms with E-state index in [0.717, 1.165) is 0 Å². The summed E-state index contributed by atoms with van der Waals surface area (Å²) >= 11 is 0. The van der Waals surface area contributed by atoms with Gasteiger partial charge in [0.15, 0.2) is 0 Å². The van der Waals surface area contributed by atoms with E-state index in [1.165, 1.54) is 0 Å². The Labute approximate surface area is 103 Å². The zero-order valence-corrected chi connectivity index (χ0v) is 9.59. The number of hydrogen-bond acceptors (Lipinski definition) is 5. The fraction of sp³-hybridized carbons (Fsp3) is 0.667. The third-order valence-corrected chi connectivity index (χ3v) is 2.25. The average Bonchev–Trinajstić information content (AvgIpc) is 2.28. The molecule has 1 rings (SSSR count). The molecule has 0 aromatic heterocycles. The first-order valence-electron chi connectivity index (χ1n) is 5.33. The molecule has 9 heteroatoms. The van der Waals surface area contributed by atoms with Crippen LogP contribution in [0.4, 0.5) is 4.79 Å².